The fourth-order valence-corrected chi connectivity index (χ4v) is 5.62. The maximum Gasteiger partial charge on any atom is 0.233 e. The van der Waals surface area contributed by atoms with Crippen molar-refractivity contribution >= 4 is 30.9 Å². The Hall–Kier alpha value is -3.03. The van der Waals surface area contributed by atoms with Crippen molar-refractivity contribution in [3.63, 3.8) is 0 Å². The van der Waals surface area contributed by atoms with Gasteiger partial charge >= 0.3 is 0 Å². The average molecular weight is 533 g/mol. The summed E-state index contributed by atoms with van der Waals surface area (Å²) in [4.78, 5) is 32.3. The van der Waals surface area contributed by atoms with Crippen LogP contribution in [0.1, 0.15) is 50.9 Å². The molecule has 1 fully saturated rings. The zero-order chi connectivity index (χ0) is 27.7. The quantitative estimate of drug-likeness (QED) is 0.307. The highest BCUT2D eigenvalue weighted by Gasteiger charge is 2.44. The first-order valence-electron chi connectivity index (χ1n) is 13.3. The van der Waals surface area contributed by atoms with E-state index in [1.54, 1.807) is 4.90 Å². The van der Waals surface area contributed by atoms with Crippen molar-refractivity contribution in [1.29, 1.82) is 0 Å². The van der Waals surface area contributed by atoms with Crippen LogP contribution < -0.4 is 4.74 Å². The van der Waals surface area contributed by atoms with Crippen molar-refractivity contribution in [3.05, 3.63) is 71.4 Å². The highest BCUT2D eigenvalue weighted by molar-refractivity contribution is 6.74. The van der Waals surface area contributed by atoms with Crippen molar-refractivity contribution in [2.24, 2.45) is 0 Å². The van der Waals surface area contributed by atoms with Crippen LogP contribution in [0.4, 0.5) is 0 Å². The van der Waals surface area contributed by atoms with Crippen LogP contribution in [0.15, 0.2) is 54.6 Å². The predicted octanol–water partition coefficient (Wildman–Crippen LogP) is 6.20. The summed E-state index contributed by atoms with van der Waals surface area (Å²) in [5.74, 6) is 0.691. The number of fused-ring (bicyclic) bond motifs is 1. The molecule has 2 aromatic carbocycles. The lowest BCUT2D eigenvalue weighted by Crippen LogP contribution is -2.44. The van der Waals surface area contributed by atoms with Gasteiger partial charge in [-0.05, 0) is 68.2 Å². The number of Topliss-reactive ketones (excluding diaryl/α,β-unsaturated/α-hetero) is 1. The molecule has 1 aliphatic rings. The van der Waals surface area contributed by atoms with Gasteiger partial charge in [-0.2, -0.15) is 0 Å². The SMILES string of the molecule is Cc1cc(COc2ccc(C3(C)CCN(CC(=O)CO[Si](C)(C)C(C)(C)C)C3=O)cc2)c2ccccc2n1. The standard InChI is InChI=1S/C31H40N2O4Si/c1-22-18-23(27-10-8-9-11-28(27)32-22)20-36-26-14-12-24(13-15-26)31(5)16-17-33(29(31)35)19-25(34)21-37-38(6,7)30(2,3)4/h8-15,18H,16-17,19-21H2,1-7H3. The number of para-hydroxylation sites is 1. The van der Waals surface area contributed by atoms with E-state index in [4.69, 9.17) is 9.16 Å². The predicted molar refractivity (Wildman–Crippen MR) is 154 cm³/mol. The molecule has 2 heterocycles. The molecule has 6 nitrogen and oxygen atoms in total. The highest BCUT2D eigenvalue weighted by atomic mass is 28.4. The molecule has 1 unspecified atom stereocenters. The second kappa shape index (κ2) is 10.6. The van der Waals surface area contributed by atoms with E-state index in [0.29, 0.717) is 19.6 Å². The van der Waals surface area contributed by atoms with Gasteiger partial charge in [0.15, 0.2) is 14.1 Å². The number of carbonyl (C=O) groups is 2. The largest absolute Gasteiger partial charge is 0.489 e. The van der Waals surface area contributed by atoms with Crippen LogP contribution in [-0.4, -0.2) is 49.6 Å². The highest BCUT2D eigenvalue weighted by Crippen LogP contribution is 2.38. The number of hydrogen-bond donors (Lipinski definition) is 0. The molecule has 3 aromatic rings. The Labute approximate surface area is 227 Å². The van der Waals surface area contributed by atoms with Gasteiger partial charge in [-0.3, -0.25) is 14.6 Å². The van der Waals surface area contributed by atoms with Crippen LogP contribution in [-0.2, 0) is 26.0 Å². The third kappa shape index (κ3) is 5.84. The van der Waals surface area contributed by atoms with Crippen LogP contribution in [0.25, 0.3) is 10.9 Å². The number of benzene rings is 2. The van der Waals surface area contributed by atoms with Crippen LogP contribution in [0.2, 0.25) is 18.1 Å². The first kappa shape index (κ1) is 28.0. The Bertz CT molecular complexity index is 1330. The number of ether oxygens (including phenoxy) is 1. The monoisotopic (exact) mass is 532 g/mol. The number of carbonyl (C=O) groups excluding carboxylic acids is 2. The van der Waals surface area contributed by atoms with E-state index >= 15 is 0 Å². The number of aromatic nitrogens is 1. The fraction of sp³-hybridized carbons (Fsp3) is 0.452. The van der Waals surface area contributed by atoms with Gasteiger partial charge in [0, 0.05) is 23.2 Å². The summed E-state index contributed by atoms with van der Waals surface area (Å²) in [6, 6.07) is 17.9. The number of hydrogen-bond acceptors (Lipinski definition) is 5. The van der Waals surface area contributed by atoms with Gasteiger partial charge in [-0.15, -0.1) is 0 Å². The molecule has 0 spiro atoms. The summed E-state index contributed by atoms with van der Waals surface area (Å²) in [6.45, 7) is 15.8. The van der Waals surface area contributed by atoms with Gasteiger partial charge in [0.1, 0.15) is 12.4 Å². The molecule has 1 aliphatic heterocycles. The lowest BCUT2D eigenvalue weighted by Gasteiger charge is -2.36. The Balaban J connectivity index is 1.37. The molecular weight excluding hydrogens is 492 g/mol. The minimum Gasteiger partial charge on any atom is -0.489 e. The van der Waals surface area contributed by atoms with Crippen molar-refractivity contribution in [3.8, 4) is 5.75 Å². The molecule has 1 amide bonds. The van der Waals surface area contributed by atoms with E-state index < -0.39 is 13.7 Å². The van der Waals surface area contributed by atoms with Crippen LogP contribution >= 0.6 is 0 Å². The lowest BCUT2D eigenvalue weighted by atomic mass is 9.81. The van der Waals surface area contributed by atoms with Gasteiger partial charge < -0.3 is 14.1 Å². The van der Waals surface area contributed by atoms with Crippen molar-refractivity contribution in [2.75, 3.05) is 19.7 Å². The van der Waals surface area contributed by atoms with E-state index in [1.807, 2.05) is 56.3 Å². The molecule has 0 bridgehead atoms. The molecular formula is C31H40N2O4Si. The molecule has 7 heteroatoms. The summed E-state index contributed by atoms with van der Waals surface area (Å²) in [5.41, 5.74) is 3.29. The second-order valence-corrected chi connectivity index (χ2v) is 17.0. The number of rotatable bonds is 9. The summed E-state index contributed by atoms with van der Waals surface area (Å²) in [6.07, 6.45) is 0.671. The van der Waals surface area contributed by atoms with E-state index in [9.17, 15) is 9.59 Å². The topological polar surface area (TPSA) is 68.7 Å². The van der Waals surface area contributed by atoms with Gasteiger partial charge in [0.05, 0.1) is 24.1 Å². The maximum atomic E-state index is 13.4. The minimum absolute atomic E-state index is 0.00873. The number of aryl methyl sites for hydroxylation is 1. The average Bonchev–Trinajstić information content (AvgIpc) is 3.15. The van der Waals surface area contributed by atoms with Gasteiger partial charge in [0.25, 0.3) is 0 Å². The molecule has 0 N–H and O–H groups in total. The molecule has 38 heavy (non-hydrogen) atoms. The van der Waals surface area contributed by atoms with Gasteiger partial charge in [-0.25, -0.2) is 0 Å². The van der Waals surface area contributed by atoms with E-state index in [2.05, 4.69) is 51.0 Å². The van der Waals surface area contributed by atoms with Crippen molar-refractivity contribution in [2.45, 2.75) is 71.2 Å². The van der Waals surface area contributed by atoms with E-state index in [0.717, 1.165) is 33.5 Å². The number of amides is 1. The minimum atomic E-state index is -2.01. The molecule has 4 rings (SSSR count). The number of ketones is 1. The fourth-order valence-electron chi connectivity index (χ4n) is 4.66. The number of nitrogens with zero attached hydrogens (tertiary/aromatic N) is 2. The zero-order valence-corrected chi connectivity index (χ0v) is 24.8. The molecule has 0 saturated carbocycles. The third-order valence-electron chi connectivity index (χ3n) is 8.22. The summed E-state index contributed by atoms with van der Waals surface area (Å²) < 4.78 is 12.2. The number of pyridine rings is 1. The second-order valence-electron chi connectivity index (χ2n) is 12.1. The Kier molecular flexibility index (Phi) is 7.82. The van der Waals surface area contributed by atoms with Gasteiger partial charge in [-0.1, -0.05) is 51.1 Å². The lowest BCUT2D eigenvalue weighted by molar-refractivity contribution is -0.136. The molecule has 0 aliphatic carbocycles. The molecule has 1 saturated heterocycles. The Morgan fingerprint density at radius 2 is 1.79 bits per heavy atom. The van der Waals surface area contributed by atoms with Crippen LogP contribution in [0.3, 0.4) is 0 Å². The van der Waals surface area contributed by atoms with Gasteiger partial charge in [0.2, 0.25) is 5.91 Å². The number of likely N-dealkylation sites (tertiary alicyclic amines) is 1. The first-order valence-corrected chi connectivity index (χ1v) is 16.2. The first-order chi connectivity index (χ1) is 17.8. The molecule has 202 valence electrons. The van der Waals surface area contributed by atoms with Crippen molar-refractivity contribution in [1.82, 2.24) is 9.88 Å². The molecule has 1 atom stereocenters. The maximum absolute atomic E-state index is 13.4. The van der Waals surface area contributed by atoms with E-state index in [-0.39, 0.29) is 29.9 Å². The Morgan fingerprint density at radius 1 is 1.11 bits per heavy atom. The smallest absolute Gasteiger partial charge is 0.233 e. The Morgan fingerprint density at radius 3 is 2.47 bits per heavy atom. The summed E-state index contributed by atoms with van der Waals surface area (Å²) in [5, 5.41) is 1.12. The molecule has 0 radical (unpaired) electrons. The summed E-state index contributed by atoms with van der Waals surface area (Å²) >= 11 is 0. The summed E-state index contributed by atoms with van der Waals surface area (Å²) in [7, 11) is -2.01. The third-order valence-corrected chi connectivity index (χ3v) is 12.7. The van der Waals surface area contributed by atoms with Crippen LogP contribution in [0.5, 0.6) is 5.75 Å². The van der Waals surface area contributed by atoms with E-state index in [1.165, 1.54) is 0 Å². The van der Waals surface area contributed by atoms with Crippen molar-refractivity contribution < 1.29 is 18.8 Å². The van der Waals surface area contributed by atoms with Crippen LogP contribution in [0, 0.1) is 6.92 Å². The zero-order valence-electron chi connectivity index (χ0n) is 23.8. The normalized spacial score (nSPS) is 18.3. The molecule has 1 aromatic heterocycles.